The second-order valence-corrected chi connectivity index (χ2v) is 3.61. The summed E-state index contributed by atoms with van der Waals surface area (Å²) in [4.78, 5) is 0. The molecule has 0 saturated heterocycles. The van der Waals surface area contributed by atoms with Crippen molar-refractivity contribution < 1.29 is 14.6 Å². The van der Waals surface area contributed by atoms with E-state index in [1.807, 2.05) is 36.4 Å². The molecule has 0 atom stereocenters. The first kappa shape index (κ1) is 11.3. The van der Waals surface area contributed by atoms with Crippen LogP contribution in [-0.2, 0) is 6.61 Å². The van der Waals surface area contributed by atoms with Crippen molar-refractivity contribution >= 4 is 0 Å². The van der Waals surface area contributed by atoms with Crippen LogP contribution in [0.3, 0.4) is 0 Å². The topological polar surface area (TPSA) is 38.7 Å². The summed E-state index contributed by atoms with van der Waals surface area (Å²) in [5.74, 6) is 1.68. The summed E-state index contributed by atoms with van der Waals surface area (Å²) in [6, 6.07) is 14.4. The molecule has 0 aliphatic carbocycles. The molecule has 0 unspecified atom stereocenters. The zero-order chi connectivity index (χ0) is 12.1. The van der Waals surface area contributed by atoms with E-state index in [9.17, 15) is 0 Å². The van der Waals surface area contributed by atoms with Crippen LogP contribution in [0, 0.1) is 0 Å². The molecule has 0 radical (unpaired) electrons. The Morgan fingerprint density at radius 2 is 1.59 bits per heavy atom. The number of aromatic hydroxyl groups is 1. The van der Waals surface area contributed by atoms with Gasteiger partial charge in [-0.25, -0.2) is 0 Å². The molecule has 0 aliphatic rings. The molecule has 0 saturated carbocycles. The molecule has 17 heavy (non-hydrogen) atoms. The molecule has 0 heterocycles. The van der Waals surface area contributed by atoms with Crippen LogP contribution in [0.2, 0.25) is 0 Å². The Kier molecular flexibility index (Phi) is 3.50. The molecule has 0 aliphatic heterocycles. The van der Waals surface area contributed by atoms with Crippen LogP contribution in [0.4, 0.5) is 0 Å². The average molecular weight is 230 g/mol. The number of methoxy groups -OCH3 is 1. The molecule has 0 amide bonds. The number of phenols is 1. The lowest BCUT2D eigenvalue weighted by molar-refractivity contribution is 0.284. The van der Waals surface area contributed by atoms with E-state index in [2.05, 4.69) is 0 Å². The van der Waals surface area contributed by atoms with Crippen LogP contribution in [0.5, 0.6) is 17.2 Å². The highest BCUT2D eigenvalue weighted by Gasteiger charge is 2.02. The van der Waals surface area contributed by atoms with Gasteiger partial charge in [0.15, 0.2) is 11.5 Å². The van der Waals surface area contributed by atoms with Gasteiger partial charge in [-0.05, 0) is 29.8 Å². The smallest absolute Gasteiger partial charge is 0.161 e. The Labute approximate surface area is 100 Å². The fourth-order valence-corrected chi connectivity index (χ4v) is 1.49. The van der Waals surface area contributed by atoms with E-state index in [4.69, 9.17) is 14.6 Å². The highest BCUT2D eigenvalue weighted by atomic mass is 16.5. The van der Waals surface area contributed by atoms with Crippen LogP contribution in [0.25, 0.3) is 0 Å². The number of benzene rings is 2. The summed E-state index contributed by atoms with van der Waals surface area (Å²) in [5.41, 5.74) is 0.994. The van der Waals surface area contributed by atoms with Crippen molar-refractivity contribution in [1.29, 1.82) is 0 Å². The second kappa shape index (κ2) is 5.25. The van der Waals surface area contributed by atoms with Crippen LogP contribution in [0.15, 0.2) is 48.5 Å². The minimum atomic E-state index is 0.256. The van der Waals surface area contributed by atoms with Gasteiger partial charge in [0.2, 0.25) is 0 Å². The van der Waals surface area contributed by atoms with E-state index in [1.165, 1.54) is 0 Å². The number of para-hydroxylation sites is 2. The van der Waals surface area contributed by atoms with Crippen LogP contribution >= 0.6 is 0 Å². The summed E-state index contributed by atoms with van der Waals surface area (Å²) >= 11 is 0. The third-order valence-electron chi connectivity index (χ3n) is 2.40. The Bertz CT molecular complexity index is 477. The standard InChI is InChI=1S/C14H14O3/c1-16-13-4-2-3-5-14(13)17-10-11-6-8-12(15)9-7-11/h2-9,15H,10H2,1H3. The van der Waals surface area contributed by atoms with Gasteiger partial charge in [-0.2, -0.15) is 0 Å². The quantitative estimate of drug-likeness (QED) is 0.877. The maximum atomic E-state index is 9.16. The lowest BCUT2D eigenvalue weighted by atomic mass is 10.2. The Hall–Kier alpha value is -2.16. The predicted octanol–water partition coefficient (Wildman–Crippen LogP) is 2.98. The number of phenolic OH excluding ortho intramolecular Hbond substituents is 1. The van der Waals surface area contributed by atoms with E-state index in [1.54, 1.807) is 19.2 Å². The molecule has 2 aromatic rings. The first-order chi connectivity index (χ1) is 8.29. The van der Waals surface area contributed by atoms with Gasteiger partial charge in [0.1, 0.15) is 12.4 Å². The molecule has 2 rings (SSSR count). The molecule has 1 N–H and O–H groups in total. The van der Waals surface area contributed by atoms with E-state index < -0.39 is 0 Å². The van der Waals surface area contributed by atoms with Crippen LogP contribution < -0.4 is 9.47 Å². The minimum Gasteiger partial charge on any atom is -0.508 e. The fourth-order valence-electron chi connectivity index (χ4n) is 1.49. The van der Waals surface area contributed by atoms with Gasteiger partial charge >= 0.3 is 0 Å². The van der Waals surface area contributed by atoms with Gasteiger partial charge < -0.3 is 14.6 Å². The van der Waals surface area contributed by atoms with Crippen molar-refractivity contribution in [2.45, 2.75) is 6.61 Å². The fraction of sp³-hybridized carbons (Fsp3) is 0.143. The summed E-state index contributed by atoms with van der Waals surface area (Å²) < 4.78 is 10.8. The van der Waals surface area contributed by atoms with Gasteiger partial charge in [-0.15, -0.1) is 0 Å². The predicted molar refractivity (Wildman–Crippen MR) is 65.4 cm³/mol. The second-order valence-electron chi connectivity index (χ2n) is 3.61. The van der Waals surface area contributed by atoms with Gasteiger partial charge in [0.05, 0.1) is 7.11 Å². The van der Waals surface area contributed by atoms with Gasteiger partial charge in [-0.1, -0.05) is 24.3 Å². The summed E-state index contributed by atoms with van der Waals surface area (Å²) in [6.45, 7) is 0.445. The number of rotatable bonds is 4. The summed E-state index contributed by atoms with van der Waals surface area (Å²) in [5, 5.41) is 9.16. The molecule has 0 fully saturated rings. The Morgan fingerprint density at radius 3 is 2.24 bits per heavy atom. The highest BCUT2D eigenvalue weighted by Crippen LogP contribution is 2.26. The maximum Gasteiger partial charge on any atom is 0.161 e. The molecule has 0 spiro atoms. The third kappa shape index (κ3) is 2.91. The van der Waals surface area contributed by atoms with Crippen LogP contribution in [-0.4, -0.2) is 12.2 Å². The lowest BCUT2D eigenvalue weighted by Crippen LogP contribution is -1.97. The number of hydrogen-bond donors (Lipinski definition) is 1. The summed E-state index contributed by atoms with van der Waals surface area (Å²) in [6.07, 6.45) is 0. The average Bonchev–Trinajstić information content (AvgIpc) is 2.38. The third-order valence-corrected chi connectivity index (χ3v) is 2.40. The highest BCUT2D eigenvalue weighted by molar-refractivity contribution is 5.39. The zero-order valence-corrected chi connectivity index (χ0v) is 9.59. The van der Waals surface area contributed by atoms with Crippen molar-refractivity contribution in [3.63, 3.8) is 0 Å². The van der Waals surface area contributed by atoms with Crippen molar-refractivity contribution in [2.75, 3.05) is 7.11 Å². The zero-order valence-electron chi connectivity index (χ0n) is 9.59. The number of hydrogen-bond acceptors (Lipinski definition) is 3. The normalized spacial score (nSPS) is 9.94. The molecule has 0 bridgehead atoms. The van der Waals surface area contributed by atoms with E-state index in [0.717, 1.165) is 5.56 Å². The molecular formula is C14H14O3. The van der Waals surface area contributed by atoms with Gasteiger partial charge in [0.25, 0.3) is 0 Å². The number of ether oxygens (including phenoxy) is 2. The van der Waals surface area contributed by atoms with Crippen LogP contribution in [0.1, 0.15) is 5.56 Å². The van der Waals surface area contributed by atoms with Crippen molar-refractivity contribution in [2.24, 2.45) is 0 Å². The molecular weight excluding hydrogens is 216 g/mol. The van der Waals surface area contributed by atoms with Crippen molar-refractivity contribution in [3.8, 4) is 17.2 Å². The molecule has 88 valence electrons. The van der Waals surface area contributed by atoms with Crippen molar-refractivity contribution in [1.82, 2.24) is 0 Å². The Balaban J connectivity index is 2.04. The lowest BCUT2D eigenvalue weighted by Gasteiger charge is -2.10. The molecule has 3 nitrogen and oxygen atoms in total. The first-order valence-corrected chi connectivity index (χ1v) is 5.33. The molecule has 2 aromatic carbocycles. The van der Waals surface area contributed by atoms with E-state index >= 15 is 0 Å². The van der Waals surface area contributed by atoms with E-state index in [0.29, 0.717) is 18.1 Å². The van der Waals surface area contributed by atoms with Gasteiger partial charge in [0, 0.05) is 0 Å². The monoisotopic (exact) mass is 230 g/mol. The Morgan fingerprint density at radius 1 is 0.941 bits per heavy atom. The largest absolute Gasteiger partial charge is 0.508 e. The summed E-state index contributed by atoms with van der Waals surface area (Å²) in [7, 11) is 1.61. The SMILES string of the molecule is COc1ccccc1OCc1ccc(O)cc1. The maximum absolute atomic E-state index is 9.16. The molecule has 0 aromatic heterocycles. The molecule has 3 heteroatoms. The minimum absolute atomic E-state index is 0.256. The van der Waals surface area contributed by atoms with Crippen molar-refractivity contribution in [3.05, 3.63) is 54.1 Å². The van der Waals surface area contributed by atoms with E-state index in [-0.39, 0.29) is 5.75 Å². The first-order valence-electron chi connectivity index (χ1n) is 5.33. The van der Waals surface area contributed by atoms with Gasteiger partial charge in [-0.3, -0.25) is 0 Å².